The fourth-order valence-electron chi connectivity index (χ4n) is 2.64. The fraction of sp³-hybridized carbons (Fsp3) is 0.611. The van der Waals surface area contributed by atoms with Crippen molar-refractivity contribution in [2.24, 2.45) is 11.7 Å². The van der Waals surface area contributed by atoms with E-state index in [2.05, 4.69) is 46.4 Å². The molecule has 1 aromatic rings. The molecule has 0 radical (unpaired) electrons. The molecule has 23 heavy (non-hydrogen) atoms. The lowest BCUT2D eigenvalue weighted by Crippen LogP contribution is -2.43. The Morgan fingerprint density at radius 3 is 2.26 bits per heavy atom. The van der Waals surface area contributed by atoms with Crippen LogP contribution in [0.4, 0.5) is 0 Å². The van der Waals surface area contributed by atoms with Crippen LogP contribution in [0.1, 0.15) is 25.0 Å². The van der Waals surface area contributed by atoms with E-state index in [1.165, 1.54) is 5.56 Å². The molecule has 2 rings (SSSR count). The number of benzene rings is 1. The second-order valence-corrected chi connectivity index (χ2v) is 6.88. The SMILES string of the molecule is CC(C)[C@H](N)C(=O)NCc1ccc(CN2CCN(C)CC2)cc1. The number of nitrogens with zero attached hydrogens (tertiary/aromatic N) is 2. The van der Waals surface area contributed by atoms with Crippen LogP contribution < -0.4 is 11.1 Å². The minimum absolute atomic E-state index is 0.0819. The van der Waals surface area contributed by atoms with E-state index < -0.39 is 6.04 Å². The van der Waals surface area contributed by atoms with Crippen LogP contribution in [0.25, 0.3) is 0 Å². The largest absolute Gasteiger partial charge is 0.351 e. The van der Waals surface area contributed by atoms with Gasteiger partial charge in [0.1, 0.15) is 0 Å². The quantitative estimate of drug-likeness (QED) is 0.822. The standard InChI is InChI=1S/C18H30N4O/c1-14(2)17(19)18(23)20-12-15-4-6-16(7-5-15)13-22-10-8-21(3)9-11-22/h4-7,14,17H,8-13,19H2,1-3H3,(H,20,23)/t17-/m0/s1. The first-order chi connectivity index (χ1) is 11.0. The summed E-state index contributed by atoms with van der Waals surface area (Å²) < 4.78 is 0. The first kappa shape index (κ1) is 17.9. The molecule has 0 aliphatic carbocycles. The van der Waals surface area contributed by atoms with E-state index >= 15 is 0 Å². The van der Waals surface area contributed by atoms with Crippen LogP contribution in [0.15, 0.2) is 24.3 Å². The third-order valence-electron chi connectivity index (χ3n) is 4.51. The molecule has 0 spiro atoms. The summed E-state index contributed by atoms with van der Waals surface area (Å²) in [6.45, 7) is 9.98. The summed E-state index contributed by atoms with van der Waals surface area (Å²) in [7, 11) is 2.17. The Kier molecular flexibility index (Phi) is 6.57. The van der Waals surface area contributed by atoms with Gasteiger partial charge in [0.25, 0.3) is 0 Å². The summed E-state index contributed by atoms with van der Waals surface area (Å²) in [5, 5.41) is 2.91. The minimum Gasteiger partial charge on any atom is -0.351 e. The number of nitrogens with one attached hydrogen (secondary N) is 1. The topological polar surface area (TPSA) is 61.6 Å². The fourth-order valence-corrected chi connectivity index (χ4v) is 2.64. The summed E-state index contributed by atoms with van der Waals surface area (Å²) in [6.07, 6.45) is 0. The molecule has 1 fully saturated rings. The average molecular weight is 318 g/mol. The predicted molar refractivity (Wildman–Crippen MR) is 93.9 cm³/mol. The average Bonchev–Trinajstić information content (AvgIpc) is 2.55. The van der Waals surface area contributed by atoms with Gasteiger partial charge in [0.05, 0.1) is 6.04 Å². The zero-order chi connectivity index (χ0) is 16.8. The number of hydrogen-bond acceptors (Lipinski definition) is 4. The maximum Gasteiger partial charge on any atom is 0.237 e. The number of carbonyl (C=O) groups excluding carboxylic acids is 1. The second kappa shape index (κ2) is 8.43. The number of nitrogens with two attached hydrogens (primary N) is 1. The van der Waals surface area contributed by atoms with E-state index in [1.54, 1.807) is 0 Å². The summed E-state index contributed by atoms with van der Waals surface area (Å²) in [5.41, 5.74) is 8.27. The van der Waals surface area contributed by atoms with Crippen molar-refractivity contribution in [2.75, 3.05) is 33.2 Å². The molecule has 1 atom stereocenters. The molecule has 5 nitrogen and oxygen atoms in total. The van der Waals surface area contributed by atoms with Gasteiger partial charge in [-0.05, 0) is 24.1 Å². The summed E-state index contributed by atoms with van der Waals surface area (Å²) in [5.74, 6) is 0.0717. The number of likely N-dealkylation sites (N-methyl/N-ethyl adjacent to an activating group) is 1. The van der Waals surface area contributed by atoms with Gasteiger partial charge in [-0.25, -0.2) is 0 Å². The summed E-state index contributed by atoms with van der Waals surface area (Å²) in [4.78, 5) is 16.7. The minimum atomic E-state index is -0.438. The maximum absolute atomic E-state index is 11.9. The molecule has 1 saturated heterocycles. The zero-order valence-electron chi connectivity index (χ0n) is 14.6. The Morgan fingerprint density at radius 1 is 1.13 bits per heavy atom. The van der Waals surface area contributed by atoms with Crippen molar-refractivity contribution >= 4 is 5.91 Å². The lowest BCUT2D eigenvalue weighted by atomic mass is 10.0. The van der Waals surface area contributed by atoms with Crippen molar-refractivity contribution < 1.29 is 4.79 Å². The lowest BCUT2D eigenvalue weighted by molar-refractivity contribution is -0.123. The van der Waals surface area contributed by atoms with E-state index in [0.29, 0.717) is 6.54 Å². The molecule has 1 heterocycles. The molecule has 0 bridgehead atoms. The normalized spacial score (nSPS) is 18.1. The molecule has 1 aliphatic heterocycles. The van der Waals surface area contributed by atoms with E-state index in [1.807, 2.05) is 13.8 Å². The van der Waals surface area contributed by atoms with Crippen LogP contribution in [0.3, 0.4) is 0 Å². The maximum atomic E-state index is 11.9. The third-order valence-corrected chi connectivity index (χ3v) is 4.51. The van der Waals surface area contributed by atoms with Crippen molar-refractivity contribution in [3.63, 3.8) is 0 Å². The van der Waals surface area contributed by atoms with Crippen LogP contribution in [-0.4, -0.2) is 55.0 Å². The number of piperazine rings is 1. The van der Waals surface area contributed by atoms with Gasteiger partial charge in [-0.1, -0.05) is 38.1 Å². The second-order valence-electron chi connectivity index (χ2n) is 6.88. The molecule has 0 aromatic heterocycles. The molecular weight excluding hydrogens is 288 g/mol. The van der Waals surface area contributed by atoms with E-state index in [9.17, 15) is 4.79 Å². The van der Waals surface area contributed by atoms with E-state index in [0.717, 1.165) is 38.3 Å². The van der Waals surface area contributed by atoms with Crippen LogP contribution in [0.2, 0.25) is 0 Å². The van der Waals surface area contributed by atoms with E-state index in [4.69, 9.17) is 5.73 Å². The molecule has 0 saturated carbocycles. The molecule has 3 N–H and O–H groups in total. The Bertz CT molecular complexity index is 492. The van der Waals surface area contributed by atoms with Gasteiger partial charge >= 0.3 is 0 Å². The van der Waals surface area contributed by atoms with Crippen LogP contribution >= 0.6 is 0 Å². The Morgan fingerprint density at radius 2 is 1.70 bits per heavy atom. The van der Waals surface area contributed by atoms with Gasteiger partial charge in [0, 0.05) is 39.3 Å². The number of hydrogen-bond donors (Lipinski definition) is 2. The third kappa shape index (κ3) is 5.61. The monoisotopic (exact) mass is 318 g/mol. The van der Waals surface area contributed by atoms with Crippen molar-refractivity contribution in [3.8, 4) is 0 Å². The highest BCUT2D eigenvalue weighted by Crippen LogP contribution is 2.10. The highest BCUT2D eigenvalue weighted by molar-refractivity contribution is 5.81. The van der Waals surface area contributed by atoms with Gasteiger partial charge in [-0.3, -0.25) is 9.69 Å². The number of rotatable bonds is 6. The Hall–Kier alpha value is -1.43. The van der Waals surface area contributed by atoms with Gasteiger partial charge < -0.3 is 16.0 Å². The highest BCUT2D eigenvalue weighted by atomic mass is 16.2. The van der Waals surface area contributed by atoms with Crippen molar-refractivity contribution in [1.82, 2.24) is 15.1 Å². The molecule has 1 aromatic carbocycles. The summed E-state index contributed by atoms with van der Waals surface area (Å²) in [6, 6.07) is 8.05. The molecule has 1 amide bonds. The van der Waals surface area contributed by atoms with Crippen LogP contribution in [0, 0.1) is 5.92 Å². The molecule has 128 valence electrons. The van der Waals surface area contributed by atoms with Crippen LogP contribution in [-0.2, 0) is 17.9 Å². The molecular formula is C18H30N4O. The molecule has 1 aliphatic rings. The predicted octanol–water partition coefficient (Wildman–Crippen LogP) is 1.03. The first-order valence-electron chi connectivity index (χ1n) is 8.47. The lowest BCUT2D eigenvalue weighted by Gasteiger charge is -2.32. The molecule has 0 unspecified atom stereocenters. The number of amides is 1. The Labute approximate surface area is 139 Å². The summed E-state index contributed by atoms with van der Waals surface area (Å²) >= 11 is 0. The Balaban J connectivity index is 1.79. The number of carbonyl (C=O) groups is 1. The van der Waals surface area contributed by atoms with Gasteiger partial charge in [-0.2, -0.15) is 0 Å². The smallest absolute Gasteiger partial charge is 0.237 e. The van der Waals surface area contributed by atoms with Gasteiger partial charge in [-0.15, -0.1) is 0 Å². The molecule has 5 heteroatoms. The van der Waals surface area contributed by atoms with E-state index in [-0.39, 0.29) is 11.8 Å². The van der Waals surface area contributed by atoms with Crippen molar-refractivity contribution in [3.05, 3.63) is 35.4 Å². The van der Waals surface area contributed by atoms with Crippen molar-refractivity contribution in [1.29, 1.82) is 0 Å². The highest BCUT2D eigenvalue weighted by Gasteiger charge is 2.16. The van der Waals surface area contributed by atoms with Gasteiger partial charge in [0.15, 0.2) is 0 Å². The zero-order valence-corrected chi connectivity index (χ0v) is 14.6. The van der Waals surface area contributed by atoms with Crippen LogP contribution in [0.5, 0.6) is 0 Å². The van der Waals surface area contributed by atoms with Gasteiger partial charge in [0.2, 0.25) is 5.91 Å². The van der Waals surface area contributed by atoms with Crippen molar-refractivity contribution in [2.45, 2.75) is 33.0 Å². The first-order valence-corrected chi connectivity index (χ1v) is 8.47.